The summed E-state index contributed by atoms with van der Waals surface area (Å²) in [5.41, 5.74) is 12.9. The van der Waals surface area contributed by atoms with Crippen molar-refractivity contribution in [1.82, 2.24) is 50.5 Å². The van der Waals surface area contributed by atoms with E-state index in [1.54, 1.807) is 76.2 Å². The molecule has 4 aliphatic heterocycles. The molecule has 12 rings (SSSR count). The van der Waals surface area contributed by atoms with Crippen molar-refractivity contribution < 1.29 is 26.3 Å². The van der Waals surface area contributed by atoms with Gasteiger partial charge in [0.05, 0.1) is 53.8 Å². The molecule has 0 amide bonds. The quantitative estimate of drug-likeness (QED) is 0.0534. The van der Waals surface area contributed by atoms with Gasteiger partial charge in [0.2, 0.25) is 11.9 Å². The summed E-state index contributed by atoms with van der Waals surface area (Å²) in [5.74, 6) is 4.39. The van der Waals surface area contributed by atoms with Gasteiger partial charge in [0, 0.05) is 35.4 Å². The molecule has 8 aromatic rings. The molecule has 0 saturated carbocycles. The van der Waals surface area contributed by atoms with Crippen LogP contribution in [0.25, 0.3) is 22.1 Å². The van der Waals surface area contributed by atoms with Crippen molar-refractivity contribution in [3.8, 4) is 11.5 Å². The molecular formula is C61H76N14O6S2. The fraction of sp³-hybridized carbons (Fsp3) is 0.443. The van der Waals surface area contributed by atoms with Crippen molar-refractivity contribution in [2.24, 2.45) is 0 Å². The lowest BCUT2D eigenvalue weighted by Crippen LogP contribution is -2.29. The zero-order chi connectivity index (χ0) is 58.6. The molecule has 2 saturated heterocycles. The SMILES string of the molecule is Cc1cc(Nc2nc(Nc3ccccc3S(=O)(=O)C(C)C)c3c(C)[nH]nc3n2)c2c(c1C1CCN(C)CC1)C[C@@H](C)O2.Cc1cc(Nc2nc(Nc3ccccc3S(=O)(=O)C(C)C)c3c(C)[nH]nc3n2)c2c(c1C1CCNCC1)C[C@@H](C)O2. The van der Waals surface area contributed by atoms with Crippen molar-refractivity contribution in [3.63, 3.8) is 0 Å². The number of aromatic nitrogens is 8. The highest BCUT2D eigenvalue weighted by molar-refractivity contribution is 7.92. The van der Waals surface area contributed by atoms with Gasteiger partial charge < -0.3 is 41.0 Å². The van der Waals surface area contributed by atoms with E-state index in [0.717, 1.165) is 99.0 Å². The number of rotatable bonds is 14. The molecule has 22 heteroatoms. The standard InChI is InChI=1S/C31H39N7O3S.C30H37N7O3S/c1-17(2)42(39,40)25-10-8-7-9-23(25)32-29-27-20(5)36-37-30(27)35-31(34-29)33-24-15-18(3)26(21-11-13-38(6)14-12-21)22-16-19(4)41-28(22)24;1-16(2)41(38,39)24-9-7-6-8-22(24)32-28-26-19(5)36-37-29(26)35-30(34-28)33-23-14-17(3)25(20-10-12-31-13-11-20)21-15-18(4)40-27(21)23/h7-10,15,17,19,21H,11-14,16H2,1-6H3,(H3,32,33,34,35,36,37);6-9,14,16,18,20,31H,10-13,15H2,1-5H3,(H3,32,33,34,35,36,37)/t19-;18-/m11/s1. The van der Waals surface area contributed by atoms with E-state index in [4.69, 9.17) is 29.4 Å². The van der Waals surface area contributed by atoms with Crippen LogP contribution in [0.3, 0.4) is 0 Å². The van der Waals surface area contributed by atoms with Gasteiger partial charge in [-0.2, -0.15) is 30.1 Å². The zero-order valence-corrected chi connectivity index (χ0v) is 50.8. The molecule has 0 bridgehead atoms. The summed E-state index contributed by atoms with van der Waals surface area (Å²) in [6.07, 6.45) is 6.45. The fourth-order valence-electron chi connectivity index (χ4n) is 12.3. The first-order valence-electron chi connectivity index (χ1n) is 28.9. The number of nitrogens with one attached hydrogen (secondary N) is 7. The Labute approximate surface area is 486 Å². The lowest BCUT2D eigenvalue weighted by molar-refractivity contribution is 0.254. The van der Waals surface area contributed by atoms with Gasteiger partial charge in [0.15, 0.2) is 31.0 Å². The van der Waals surface area contributed by atoms with Gasteiger partial charge in [-0.3, -0.25) is 10.2 Å². The number of aromatic amines is 2. The first-order chi connectivity index (χ1) is 39.7. The Morgan fingerprint density at radius 3 is 1.40 bits per heavy atom. The van der Waals surface area contributed by atoms with Crippen LogP contribution < -0.4 is 36.1 Å². The van der Waals surface area contributed by atoms with E-state index in [1.807, 2.05) is 13.8 Å². The maximum absolute atomic E-state index is 13.1. The second kappa shape index (κ2) is 23.0. The molecule has 20 nitrogen and oxygen atoms in total. The number of H-pyrrole nitrogens is 2. The van der Waals surface area contributed by atoms with Gasteiger partial charge in [-0.15, -0.1) is 0 Å². The average Bonchev–Trinajstić information content (AvgIpc) is 3.54. The van der Waals surface area contributed by atoms with Gasteiger partial charge in [-0.05, 0) is 199 Å². The summed E-state index contributed by atoms with van der Waals surface area (Å²) in [4.78, 5) is 21.9. The average molecular weight is 1170 g/mol. The predicted octanol–water partition coefficient (Wildman–Crippen LogP) is 11.2. The van der Waals surface area contributed by atoms with Gasteiger partial charge in [-0.1, -0.05) is 24.3 Å². The van der Waals surface area contributed by atoms with Gasteiger partial charge in [-0.25, -0.2) is 16.8 Å². The molecule has 8 heterocycles. The highest BCUT2D eigenvalue weighted by atomic mass is 32.2. The highest BCUT2D eigenvalue weighted by Gasteiger charge is 2.34. The Morgan fingerprint density at radius 1 is 0.566 bits per heavy atom. The number of anilines is 8. The Balaban J connectivity index is 0.000000174. The first-order valence-corrected chi connectivity index (χ1v) is 32.0. The number of ether oxygens (including phenoxy) is 2. The summed E-state index contributed by atoms with van der Waals surface area (Å²) >= 11 is 0. The monoisotopic (exact) mass is 1160 g/mol. The number of fused-ring (bicyclic) bond motifs is 4. The van der Waals surface area contributed by atoms with E-state index in [1.165, 1.54) is 33.4 Å². The predicted molar refractivity (Wildman–Crippen MR) is 328 cm³/mol. The lowest BCUT2D eigenvalue weighted by Gasteiger charge is -2.31. The van der Waals surface area contributed by atoms with Crippen molar-refractivity contribution >= 4 is 88.0 Å². The summed E-state index contributed by atoms with van der Waals surface area (Å²) in [6.45, 7) is 23.3. The third-order valence-electron chi connectivity index (χ3n) is 16.6. The van der Waals surface area contributed by atoms with E-state index in [0.29, 0.717) is 68.8 Å². The molecule has 7 N–H and O–H groups in total. The van der Waals surface area contributed by atoms with Gasteiger partial charge in [0.25, 0.3) is 0 Å². The molecule has 438 valence electrons. The van der Waals surface area contributed by atoms with E-state index in [9.17, 15) is 16.8 Å². The number of hydrogen-bond acceptors (Lipinski definition) is 18. The first kappa shape index (κ1) is 57.4. The number of piperidine rings is 2. The molecule has 2 atom stereocenters. The van der Waals surface area contributed by atoms with Crippen LogP contribution in [-0.4, -0.2) is 118 Å². The van der Waals surface area contributed by atoms with E-state index in [2.05, 4.69) is 98.8 Å². The third kappa shape index (κ3) is 11.3. The summed E-state index contributed by atoms with van der Waals surface area (Å²) < 4.78 is 65.2. The number of likely N-dealkylation sites (tertiary alicyclic amines) is 1. The molecule has 0 unspecified atom stereocenters. The molecule has 2 fully saturated rings. The van der Waals surface area contributed by atoms with E-state index in [-0.39, 0.29) is 22.0 Å². The second-order valence-corrected chi connectivity index (χ2v) is 28.3. The maximum atomic E-state index is 13.1. The van der Waals surface area contributed by atoms with Gasteiger partial charge in [0.1, 0.15) is 35.3 Å². The minimum Gasteiger partial charge on any atom is -0.488 e. The number of nitrogens with zero attached hydrogens (tertiary/aromatic N) is 7. The van der Waals surface area contributed by atoms with Crippen LogP contribution in [0.15, 0.2) is 70.5 Å². The Hall–Kier alpha value is -7.40. The Kier molecular flexibility index (Phi) is 15.9. The smallest absolute Gasteiger partial charge is 0.231 e. The lowest BCUT2D eigenvalue weighted by atomic mass is 9.82. The molecule has 4 aromatic heterocycles. The zero-order valence-electron chi connectivity index (χ0n) is 49.2. The maximum Gasteiger partial charge on any atom is 0.231 e. The summed E-state index contributed by atoms with van der Waals surface area (Å²) in [6, 6.07) is 18.1. The van der Waals surface area contributed by atoms with Crippen LogP contribution >= 0.6 is 0 Å². The van der Waals surface area contributed by atoms with Crippen LogP contribution in [0.2, 0.25) is 0 Å². The minimum absolute atomic E-state index is 0.0846. The normalized spacial score (nSPS) is 17.7. The van der Waals surface area contributed by atoms with E-state index >= 15 is 0 Å². The number of para-hydroxylation sites is 2. The van der Waals surface area contributed by atoms with Crippen LogP contribution in [0.5, 0.6) is 11.5 Å². The van der Waals surface area contributed by atoms with Crippen molar-refractivity contribution in [3.05, 3.63) is 105 Å². The van der Waals surface area contributed by atoms with Crippen molar-refractivity contribution in [2.75, 3.05) is 54.5 Å². The van der Waals surface area contributed by atoms with Crippen LogP contribution in [0, 0.1) is 27.7 Å². The Bertz CT molecular complexity index is 4000. The number of aryl methyl sites for hydroxylation is 4. The molecule has 83 heavy (non-hydrogen) atoms. The van der Waals surface area contributed by atoms with Crippen molar-refractivity contribution in [1.29, 1.82) is 0 Å². The molecule has 0 radical (unpaired) electrons. The molecule has 0 spiro atoms. The third-order valence-corrected chi connectivity index (χ3v) is 21.0. The van der Waals surface area contributed by atoms with Crippen LogP contribution in [0.1, 0.15) is 124 Å². The summed E-state index contributed by atoms with van der Waals surface area (Å²) in [5, 5.41) is 31.9. The van der Waals surface area contributed by atoms with Crippen LogP contribution in [0.4, 0.5) is 46.3 Å². The van der Waals surface area contributed by atoms with E-state index < -0.39 is 30.2 Å². The Morgan fingerprint density at radius 2 is 0.976 bits per heavy atom. The number of hydrogen-bond donors (Lipinski definition) is 7. The molecule has 4 aromatic carbocycles. The largest absolute Gasteiger partial charge is 0.488 e. The number of benzene rings is 4. The minimum atomic E-state index is -3.53. The van der Waals surface area contributed by atoms with Crippen LogP contribution in [-0.2, 0) is 32.5 Å². The van der Waals surface area contributed by atoms with Gasteiger partial charge >= 0.3 is 0 Å². The summed E-state index contributed by atoms with van der Waals surface area (Å²) in [7, 11) is -4.88. The second-order valence-electron chi connectivity index (χ2n) is 23.4. The topological polar surface area (TPSA) is 259 Å². The fourth-order valence-corrected chi connectivity index (χ4v) is 14.7. The number of sulfone groups is 2. The molecule has 0 aliphatic carbocycles. The molecular weight excluding hydrogens is 1090 g/mol. The van der Waals surface area contributed by atoms with Crippen molar-refractivity contribution in [2.45, 2.75) is 152 Å². The highest BCUT2D eigenvalue weighted by Crippen LogP contribution is 2.48. The molecule has 4 aliphatic rings.